The van der Waals surface area contributed by atoms with Crippen molar-refractivity contribution in [2.45, 2.75) is 19.3 Å². The Kier molecular flexibility index (Phi) is 5.18. The number of anilines is 4. The highest BCUT2D eigenvalue weighted by Crippen LogP contribution is 2.24. The number of carbonyl (C=O) groups excluding carboxylic acids is 1. The van der Waals surface area contributed by atoms with E-state index in [1.807, 2.05) is 54.6 Å². The van der Waals surface area contributed by atoms with Crippen LogP contribution in [0.1, 0.15) is 18.5 Å². The van der Waals surface area contributed by atoms with Crippen LogP contribution in [-0.4, -0.2) is 34.4 Å². The van der Waals surface area contributed by atoms with Gasteiger partial charge in [0.15, 0.2) is 11.4 Å². The highest BCUT2D eigenvalue weighted by Gasteiger charge is 2.14. The molecular weight excluding hydrogens is 392 g/mol. The molecule has 0 unspecified atom stereocenters. The van der Waals surface area contributed by atoms with Crippen molar-refractivity contribution >= 4 is 39.8 Å². The lowest BCUT2D eigenvalue weighted by Gasteiger charge is -2.17. The summed E-state index contributed by atoms with van der Waals surface area (Å²) >= 11 is 0. The van der Waals surface area contributed by atoms with Gasteiger partial charge < -0.3 is 20.1 Å². The van der Waals surface area contributed by atoms with E-state index in [0.717, 1.165) is 29.9 Å². The van der Waals surface area contributed by atoms with Crippen LogP contribution < -0.4 is 15.5 Å². The van der Waals surface area contributed by atoms with Crippen molar-refractivity contribution in [1.82, 2.24) is 15.4 Å². The van der Waals surface area contributed by atoms with Gasteiger partial charge in [-0.15, -0.1) is 5.10 Å². The quantitative estimate of drug-likeness (QED) is 0.489. The SMILES string of the molecule is O=C(Cc1noc2ccccc12)Nc1ccc(Nc2cc(N3CCCC3)cnn2)cc1. The van der Waals surface area contributed by atoms with Crippen LogP contribution in [0.3, 0.4) is 0 Å². The van der Waals surface area contributed by atoms with Gasteiger partial charge >= 0.3 is 0 Å². The molecule has 2 N–H and O–H groups in total. The number of nitrogens with zero attached hydrogens (tertiary/aromatic N) is 4. The lowest BCUT2D eigenvalue weighted by Crippen LogP contribution is -2.18. The molecule has 0 bridgehead atoms. The summed E-state index contributed by atoms with van der Waals surface area (Å²) in [6.07, 6.45) is 4.37. The minimum Gasteiger partial charge on any atom is -0.370 e. The zero-order chi connectivity index (χ0) is 21.0. The van der Waals surface area contributed by atoms with E-state index in [1.165, 1.54) is 12.8 Å². The summed E-state index contributed by atoms with van der Waals surface area (Å²) in [6.45, 7) is 2.12. The number of amides is 1. The van der Waals surface area contributed by atoms with Gasteiger partial charge in [-0.1, -0.05) is 17.3 Å². The summed E-state index contributed by atoms with van der Waals surface area (Å²) < 4.78 is 5.26. The van der Waals surface area contributed by atoms with E-state index in [9.17, 15) is 4.79 Å². The van der Waals surface area contributed by atoms with E-state index in [4.69, 9.17) is 4.52 Å². The molecule has 8 heteroatoms. The molecule has 1 amide bonds. The topological polar surface area (TPSA) is 96.2 Å². The lowest BCUT2D eigenvalue weighted by atomic mass is 10.1. The minimum absolute atomic E-state index is 0.149. The smallest absolute Gasteiger partial charge is 0.230 e. The largest absolute Gasteiger partial charge is 0.370 e. The Morgan fingerprint density at radius 3 is 2.65 bits per heavy atom. The van der Waals surface area contributed by atoms with Gasteiger partial charge in [-0.3, -0.25) is 4.79 Å². The fraction of sp³-hybridized carbons (Fsp3) is 0.217. The monoisotopic (exact) mass is 414 g/mol. The predicted molar refractivity (Wildman–Crippen MR) is 120 cm³/mol. The molecule has 8 nitrogen and oxygen atoms in total. The first-order chi connectivity index (χ1) is 15.2. The summed E-state index contributed by atoms with van der Waals surface area (Å²) in [7, 11) is 0. The highest BCUT2D eigenvalue weighted by molar-refractivity contribution is 5.94. The Bertz CT molecular complexity index is 1200. The molecule has 2 aromatic carbocycles. The maximum absolute atomic E-state index is 12.4. The van der Waals surface area contributed by atoms with E-state index in [2.05, 4.69) is 30.9 Å². The van der Waals surface area contributed by atoms with Gasteiger partial charge in [0.1, 0.15) is 5.69 Å². The van der Waals surface area contributed by atoms with Gasteiger partial charge in [0.2, 0.25) is 5.91 Å². The minimum atomic E-state index is -0.149. The maximum atomic E-state index is 12.4. The first kappa shape index (κ1) is 19.0. The molecule has 5 rings (SSSR count). The zero-order valence-electron chi connectivity index (χ0n) is 16.9. The highest BCUT2D eigenvalue weighted by atomic mass is 16.5. The van der Waals surface area contributed by atoms with Crippen LogP contribution in [0.25, 0.3) is 11.0 Å². The van der Waals surface area contributed by atoms with Gasteiger partial charge in [0.05, 0.1) is 18.3 Å². The van der Waals surface area contributed by atoms with Crippen molar-refractivity contribution < 1.29 is 9.32 Å². The van der Waals surface area contributed by atoms with Gasteiger partial charge in [-0.2, -0.15) is 5.10 Å². The molecule has 0 saturated carbocycles. The van der Waals surface area contributed by atoms with E-state index in [-0.39, 0.29) is 12.3 Å². The Morgan fingerprint density at radius 1 is 1.03 bits per heavy atom. The van der Waals surface area contributed by atoms with Crippen LogP contribution in [0.2, 0.25) is 0 Å². The summed E-state index contributed by atoms with van der Waals surface area (Å²) in [5.41, 5.74) is 3.97. The molecule has 3 heterocycles. The first-order valence-electron chi connectivity index (χ1n) is 10.3. The summed E-state index contributed by atoms with van der Waals surface area (Å²) in [4.78, 5) is 14.7. The number of hydrogen-bond acceptors (Lipinski definition) is 7. The van der Waals surface area contributed by atoms with Gasteiger partial charge in [0.25, 0.3) is 0 Å². The molecule has 1 fully saturated rings. The van der Waals surface area contributed by atoms with Crippen molar-refractivity contribution in [2.24, 2.45) is 0 Å². The fourth-order valence-corrected chi connectivity index (χ4v) is 3.77. The molecule has 0 spiro atoms. The third-order valence-electron chi connectivity index (χ3n) is 5.33. The number of para-hydroxylation sites is 1. The first-order valence-corrected chi connectivity index (χ1v) is 10.3. The zero-order valence-corrected chi connectivity index (χ0v) is 16.9. The molecule has 1 saturated heterocycles. The Balaban J connectivity index is 1.21. The normalized spacial score (nSPS) is 13.5. The van der Waals surface area contributed by atoms with Crippen molar-refractivity contribution in [1.29, 1.82) is 0 Å². The van der Waals surface area contributed by atoms with Gasteiger partial charge in [-0.25, -0.2) is 0 Å². The average Bonchev–Trinajstić information content (AvgIpc) is 3.46. The second kappa shape index (κ2) is 8.43. The second-order valence-electron chi connectivity index (χ2n) is 7.55. The van der Waals surface area contributed by atoms with E-state index >= 15 is 0 Å². The van der Waals surface area contributed by atoms with Crippen molar-refractivity contribution in [3.8, 4) is 0 Å². The Labute approximate surface area is 179 Å². The lowest BCUT2D eigenvalue weighted by molar-refractivity contribution is -0.115. The van der Waals surface area contributed by atoms with E-state index in [0.29, 0.717) is 22.8 Å². The van der Waals surface area contributed by atoms with Crippen LogP contribution in [0.5, 0.6) is 0 Å². The summed E-state index contributed by atoms with van der Waals surface area (Å²) in [6, 6.07) is 17.0. The summed E-state index contributed by atoms with van der Waals surface area (Å²) in [5.74, 6) is 0.544. The van der Waals surface area contributed by atoms with E-state index < -0.39 is 0 Å². The van der Waals surface area contributed by atoms with Crippen molar-refractivity contribution in [3.63, 3.8) is 0 Å². The summed E-state index contributed by atoms with van der Waals surface area (Å²) in [5, 5.41) is 19.3. The molecule has 1 aliphatic heterocycles. The number of fused-ring (bicyclic) bond motifs is 1. The van der Waals surface area contributed by atoms with Crippen LogP contribution in [-0.2, 0) is 11.2 Å². The molecule has 1 aliphatic rings. The van der Waals surface area contributed by atoms with Crippen LogP contribution in [0.4, 0.5) is 22.9 Å². The molecule has 0 atom stereocenters. The number of hydrogen-bond donors (Lipinski definition) is 2. The molecule has 0 radical (unpaired) electrons. The molecule has 2 aromatic heterocycles. The fourth-order valence-electron chi connectivity index (χ4n) is 3.77. The van der Waals surface area contributed by atoms with E-state index in [1.54, 1.807) is 6.20 Å². The van der Waals surface area contributed by atoms with Crippen LogP contribution in [0, 0.1) is 0 Å². The average molecular weight is 414 g/mol. The number of aromatic nitrogens is 3. The second-order valence-corrected chi connectivity index (χ2v) is 7.55. The Hall–Kier alpha value is -3.94. The molecule has 4 aromatic rings. The van der Waals surface area contributed by atoms with Crippen LogP contribution in [0.15, 0.2) is 65.3 Å². The number of benzene rings is 2. The molecule has 31 heavy (non-hydrogen) atoms. The molecular formula is C23H22N6O2. The predicted octanol–water partition coefficient (Wildman–Crippen LogP) is 4.14. The molecule has 0 aliphatic carbocycles. The Morgan fingerprint density at radius 2 is 1.81 bits per heavy atom. The third kappa shape index (κ3) is 4.32. The van der Waals surface area contributed by atoms with Crippen molar-refractivity contribution in [2.75, 3.05) is 28.6 Å². The van der Waals surface area contributed by atoms with Gasteiger partial charge in [0, 0.05) is 35.9 Å². The van der Waals surface area contributed by atoms with Crippen molar-refractivity contribution in [3.05, 3.63) is 66.5 Å². The number of carbonyl (C=O) groups is 1. The molecule has 156 valence electrons. The van der Waals surface area contributed by atoms with Gasteiger partial charge in [-0.05, 0) is 49.2 Å². The maximum Gasteiger partial charge on any atom is 0.230 e. The number of nitrogens with one attached hydrogen (secondary N) is 2. The van der Waals surface area contributed by atoms with Crippen LogP contribution >= 0.6 is 0 Å². The standard InChI is InChI=1S/C23H22N6O2/c30-23(14-20-19-5-1-2-6-21(19)31-28-20)26-17-9-7-16(8-10-17)25-22-13-18(15-24-27-22)29-11-3-4-12-29/h1-2,5-10,13,15H,3-4,11-12,14H2,(H,25,27)(H,26,30). The third-order valence-corrected chi connectivity index (χ3v) is 5.33. The number of rotatable bonds is 6.